The molecule has 2 aromatic rings. The molecule has 0 aliphatic heterocycles. The summed E-state index contributed by atoms with van der Waals surface area (Å²) in [7, 11) is 0. The molecule has 0 saturated heterocycles. The molecule has 1 heterocycles. The van der Waals surface area contributed by atoms with Gasteiger partial charge in [-0.15, -0.1) is 11.3 Å². The molecule has 94 valence electrons. The van der Waals surface area contributed by atoms with Gasteiger partial charge in [-0.3, -0.25) is 0 Å². The van der Waals surface area contributed by atoms with Crippen LogP contribution in [0.25, 0.3) is 0 Å². The van der Waals surface area contributed by atoms with Crippen molar-refractivity contribution in [2.75, 3.05) is 0 Å². The SMILES string of the molecule is NC(Cc1cccs1)c1ccc(C2CCC2)cc1. The van der Waals surface area contributed by atoms with Crippen LogP contribution in [0, 0.1) is 0 Å². The smallest absolute Gasteiger partial charge is 0.0343 e. The highest BCUT2D eigenvalue weighted by atomic mass is 32.1. The van der Waals surface area contributed by atoms with Crippen molar-refractivity contribution < 1.29 is 0 Å². The highest BCUT2D eigenvalue weighted by molar-refractivity contribution is 7.09. The van der Waals surface area contributed by atoms with E-state index in [9.17, 15) is 0 Å². The Labute approximate surface area is 113 Å². The summed E-state index contributed by atoms with van der Waals surface area (Å²) < 4.78 is 0. The molecule has 2 heteroatoms. The fourth-order valence-electron chi connectivity index (χ4n) is 2.52. The van der Waals surface area contributed by atoms with Gasteiger partial charge in [0.25, 0.3) is 0 Å². The van der Waals surface area contributed by atoms with E-state index in [1.165, 1.54) is 35.3 Å². The van der Waals surface area contributed by atoms with Crippen molar-refractivity contribution in [1.82, 2.24) is 0 Å². The first-order valence-corrected chi connectivity index (χ1v) is 7.59. The van der Waals surface area contributed by atoms with Gasteiger partial charge in [0.2, 0.25) is 0 Å². The third kappa shape index (κ3) is 2.50. The highest BCUT2D eigenvalue weighted by Gasteiger charge is 2.19. The molecule has 1 aliphatic carbocycles. The summed E-state index contributed by atoms with van der Waals surface area (Å²) in [6.07, 6.45) is 5.06. The van der Waals surface area contributed by atoms with E-state index >= 15 is 0 Å². The second kappa shape index (κ2) is 5.25. The summed E-state index contributed by atoms with van der Waals surface area (Å²) in [5, 5.41) is 2.11. The van der Waals surface area contributed by atoms with Crippen LogP contribution in [0.5, 0.6) is 0 Å². The Balaban J connectivity index is 1.67. The van der Waals surface area contributed by atoms with Crippen molar-refractivity contribution in [1.29, 1.82) is 0 Å². The molecule has 1 aliphatic rings. The van der Waals surface area contributed by atoms with Crippen molar-refractivity contribution in [2.24, 2.45) is 5.73 Å². The van der Waals surface area contributed by atoms with Crippen molar-refractivity contribution in [2.45, 2.75) is 37.6 Å². The fraction of sp³-hybridized carbons (Fsp3) is 0.375. The van der Waals surface area contributed by atoms with E-state index in [1.807, 2.05) is 0 Å². The van der Waals surface area contributed by atoms with Gasteiger partial charge in [0, 0.05) is 17.3 Å². The maximum atomic E-state index is 6.27. The molecule has 1 aromatic heterocycles. The van der Waals surface area contributed by atoms with Crippen LogP contribution in [0.4, 0.5) is 0 Å². The summed E-state index contributed by atoms with van der Waals surface area (Å²) in [5.74, 6) is 0.813. The molecule has 1 saturated carbocycles. The third-order valence-corrected chi connectivity index (χ3v) is 4.84. The molecular weight excluding hydrogens is 238 g/mol. The van der Waals surface area contributed by atoms with Crippen molar-refractivity contribution in [3.8, 4) is 0 Å². The van der Waals surface area contributed by atoms with Gasteiger partial charge in [0.15, 0.2) is 0 Å². The van der Waals surface area contributed by atoms with Crippen LogP contribution >= 0.6 is 11.3 Å². The Hall–Kier alpha value is -1.12. The summed E-state index contributed by atoms with van der Waals surface area (Å²) in [6.45, 7) is 0. The molecule has 0 spiro atoms. The molecule has 1 unspecified atom stereocenters. The summed E-state index contributed by atoms with van der Waals surface area (Å²) in [6, 6.07) is 13.3. The minimum atomic E-state index is 0.124. The van der Waals surface area contributed by atoms with E-state index in [0.29, 0.717) is 0 Å². The Morgan fingerprint density at radius 3 is 2.50 bits per heavy atom. The predicted octanol–water partition coefficient (Wildman–Crippen LogP) is 4.26. The number of thiophene rings is 1. The molecule has 1 atom stereocenters. The van der Waals surface area contributed by atoms with Crippen LogP contribution in [-0.2, 0) is 6.42 Å². The predicted molar refractivity (Wildman–Crippen MR) is 78.0 cm³/mol. The second-order valence-corrected chi connectivity index (χ2v) is 6.22. The molecule has 1 nitrogen and oxygen atoms in total. The highest BCUT2D eigenvalue weighted by Crippen LogP contribution is 2.36. The average Bonchev–Trinajstić information content (AvgIpc) is 2.80. The molecule has 0 amide bonds. The Morgan fingerprint density at radius 2 is 1.94 bits per heavy atom. The minimum absolute atomic E-state index is 0.124. The van der Waals surface area contributed by atoms with Gasteiger partial charge < -0.3 is 5.73 Å². The number of benzene rings is 1. The first kappa shape index (κ1) is 11.9. The van der Waals surface area contributed by atoms with E-state index in [-0.39, 0.29) is 6.04 Å². The lowest BCUT2D eigenvalue weighted by Crippen LogP contribution is -2.13. The van der Waals surface area contributed by atoms with Crippen LogP contribution < -0.4 is 5.73 Å². The molecule has 18 heavy (non-hydrogen) atoms. The number of hydrogen-bond acceptors (Lipinski definition) is 2. The Bertz CT molecular complexity index is 482. The Morgan fingerprint density at radius 1 is 1.17 bits per heavy atom. The topological polar surface area (TPSA) is 26.0 Å². The lowest BCUT2D eigenvalue weighted by molar-refractivity contribution is 0.419. The molecule has 2 N–H and O–H groups in total. The van der Waals surface area contributed by atoms with E-state index in [2.05, 4.69) is 41.8 Å². The third-order valence-electron chi connectivity index (χ3n) is 3.94. The van der Waals surface area contributed by atoms with Crippen molar-refractivity contribution >= 4 is 11.3 Å². The summed E-state index contributed by atoms with van der Waals surface area (Å²) >= 11 is 1.79. The van der Waals surface area contributed by atoms with E-state index in [4.69, 9.17) is 5.73 Å². The van der Waals surface area contributed by atoms with Gasteiger partial charge in [-0.1, -0.05) is 36.8 Å². The standard InChI is InChI=1S/C16H19NS/c17-16(11-15-5-2-10-18-15)14-8-6-13(7-9-14)12-3-1-4-12/h2,5-10,12,16H,1,3-4,11,17H2. The van der Waals surface area contributed by atoms with E-state index in [1.54, 1.807) is 11.3 Å². The molecule has 0 radical (unpaired) electrons. The zero-order valence-electron chi connectivity index (χ0n) is 10.5. The number of rotatable bonds is 4. The summed E-state index contributed by atoms with van der Waals surface area (Å²) in [4.78, 5) is 1.37. The maximum Gasteiger partial charge on any atom is 0.0343 e. The van der Waals surface area contributed by atoms with Crippen LogP contribution in [0.2, 0.25) is 0 Å². The quantitative estimate of drug-likeness (QED) is 0.870. The van der Waals surface area contributed by atoms with Crippen LogP contribution in [-0.4, -0.2) is 0 Å². The van der Waals surface area contributed by atoms with Crippen molar-refractivity contribution in [3.63, 3.8) is 0 Å². The first-order valence-electron chi connectivity index (χ1n) is 6.71. The minimum Gasteiger partial charge on any atom is -0.324 e. The first-order chi connectivity index (χ1) is 8.83. The van der Waals surface area contributed by atoms with Gasteiger partial charge in [-0.05, 0) is 41.3 Å². The van der Waals surface area contributed by atoms with Gasteiger partial charge in [-0.25, -0.2) is 0 Å². The average molecular weight is 257 g/mol. The lowest BCUT2D eigenvalue weighted by Gasteiger charge is -2.26. The van der Waals surface area contributed by atoms with Crippen LogP contribution in [0.1, 0.15) is 47.2 Å². The molecule has 1 aromatic carbocycles. The maximum absolute atomic E-state index is 6.27. The number of nitrogens with two attached hydrogens (primary N) is 1. The molecule has 0 bridgehead atoms. The van der Waals surface area contributed by atoms with Gasteiger partial charge in [-0.2, -0.15) is 0 Å². The normalized spacial score (nSPS) is 17.4. The number of hydrogen-bond donors (Lipinski definition) is 1. The zero-order valence-corrected chi connectivity index (χ0v) is 11.3. The molecule has 1 fully saturated rings. The van der Waals surface area contributed by atoms with Gasteiger partial charge >= 0.3 is 0 Å². The second-order valence-electron chi connectivity index (χ2n) is 5.18. The van der Waals surface area contributed by atoms with E-state index in [0.717, 1.165) is 12.3 Å². The largest absolute Gasteiger partial charge is 0.324 e. The lowest BCUT2D eigenvalue weighted by atomic mass is 9.80. The van der Waals surface area contributed by atoms with Crippen LogP contribution in [0.3, 0.4) is 0 Å². The van der Waals surface area contributed by atoms with Crippen LogP contribution in [0.15, 0.2) is 41.8 Å². The summed E-state index contributed by atoms with van der Waals surface area (Å²) in [5.41, 5.74) is 9.02. The van der Waals surface area contributed by atoms with Gasteiger partial charge in [0.1, 0.15) is 0 Å². The van der Waals surface area contributed by atoms with Gasteiger partial charge in [0.05, 0.1) is 0 Å². The molecular formula is C16H19NS. The zero-order chi connectivity index (χ0) is 12.4. The monoisotopic (exact) mass is 257 g/mol. The van der Waals surface area contributed by atoms with E-state index < -0.39 is 0 Å². The molecule has 3 rings (SSSR count). The van der Waals surface area contributed by atoms with Crippen molar-refractivity contribution in [3.05, 3.63) is 57.8 Å². The Kier molecular flexibility index (Phi) is 3.48. The fourth-order valence-corrected chi connectivity index (χ4v) is 3.29.